The number of rotatable bonds is 8. The van der Waals surface area contributed by atoms with Gasteiger partial charge in [0.05, 0.1) is 0 Å². The molecule has 0 fully saturated rings. The molecule has 0 aromatic carbocycles. The molecule has 0 radical (unpaired) electrons. The van der Waals surface area contributed by atoms with E-state index in [1.165, 1.54) is 0 Å². The Labute approximate surface area is 151 Å². The average Bonchev–Trinajstić information content (AvgIpc) is 2.47. The predicted octanol–water partition coefficient (Wildman–Crippen LogP) is 6.12. The first kappa shape index (κ1) is 27.8. The molecule has 0 aliphatic carbocycles. The first-order chi connectivity index (χ1) is 12.6. The zero-order valence-electron chi connectivity index (χ0n) is 13.3. The molecule has 0 saturated heterocycles. The summed E-state index contributed by atoms with van der Waals surface area (Å²) in [7, 11) is 0. The highest BCUT2D eigenvalue weighted by molar-refractivity contribution is 4.87. The normalized spacial score (nSPS) is 20.7. The van der Waals surface area contributed by atoms with E-state index in [4.69, 9.17) is 0 Å². The Balaban J connectivity index is 5.88. The molecule has 6 atom stereocenters. The van der Waals surface area contributed by atoms with Gasteiger partial charge in [-0.05, 0) is 0 Å². The summed E-state index contributed by atoms with van der Waals surface area (Å²) < 4.78 is 203. The summed E-state index contributed by atoms with van der Waals surface area (Å²) in [6, 6.07) is 0. The lowest BCUT2D eigenvalue weighted by atomic mass is 10.0. The fourth-order valence-electron chi connectivity index (χ4n) is 1.81. The van der Waals surface area contributed by atoms with Crippen LogP contribution in [0.1, 0.15) is 12.8 Å². The molecule has 0 amide bonds. The van der Waals surface area contributed by atoms with Gasteiger partial charge >= 0.3 is 24.7 Å². The van der Waals surface area contributed by atoms with Crippen LogP contribution in [0.4, 0.5) is 70.2 Å². The lowest BCUT2D eigenvalue weighted by Crippen LogP contribution is -2.48. The van der Waals surface area contributed by atoms with Gasteiger partial charge in [0.1, 0.15) is 12.2 Å². The molecule has 29 heavy (non-hydrogen) atoms. The van der Waals surface area contributed by atoms with Crippen LogP contribution in [0.15, 0.2) is 0 Å². The molecule has 176 valence electrons. The van der Waals surface area contributed by atoms with E-state index in [2.05, 4.69) is 4.74 Å². The summed E-state index contributed by atoms with van der Waals surface area (Å²) >= 11 is 0. The van der Waals surface area contributed by atoms with Crippen LogP contribution in [0.2, 0.25) is 0 Å². The quantitative estimate of drug-likeness (QED) is 0.386. The van der Waals surface area contributed by atoms with Crippen LogP contribution in [0.25, 0.3) is 0 Å². The van der Waals surface area contributed by atoms with Crippen molar-refractivity contribution in [2.75, 3.05) is 0 Å². The summed E-state index contributed by atoms with van der Waals surface area (Å²) in [5, 5.41) is 0. The minimum absolute atomic E-state index is 2.69. The molecular weight excluding hydrogens is 464 g/mol. The monoisotopic (exact) mass is 474 g/mol. The molecule has 0 aliphatic heterocycles. The molecule has 0 saturated carbocycles. The Morgan fingerprint density at radius 1 is 0.448 bits per heavy atom. The molecule has 0 N–H and O–H groups in total. The highest BCUT2D eigenvalue weighted by Crippen LogP contribution is 2.38. The Bertz CT molecular complexity index is 446. The van der Waals surface area contributed by atoms with Gasteiger partial charge in [0.15, 0.2) is 12.3 Å². The van der Waals surface area contributed by atoms with Gasteiger partial charge in [-0.25, -0.2) is 17.6 Å². The SMILES string of the molecule is FC(CC(OC(CC(F)C(F)(F)F)C(F)C(F)(F)F)C(F)C(F)(F)F)C(F)(F)F. The van der Waals surface area contributed by atoms with Crippen molar-refractivity contribution in [2.45, 2.75) is 74.4 Å². The number of hydrogen-bond acceptors (Lipinski definition) is 1. The highest BCUT2D eigenvalue weighted by Gasteiger charge is 2.55. The fourth-order valence-corrected chi connectivity index (χ4v) is 1.81. The number of halogens is 16. The molecule has 0 bridgehead atoms. The molecule has 1 nitrogen and oxygen atoms in total. The number of hydrogen-bond donors (Lipinski definition) is 0. The lowest BCUT2D eigenvalue weighted by Gasteiger charge is -2.32. The van der Waals surface area contributed by atoms with Crippen molar-refractivity contribution in [2.24, 2.45) is 0 Å². The van der Waals surface area contributed by atoms with Crippen molar-refractivity contribution in [1.82, 2.24) is 0 Å². The van der Waals surface area contributed by atoms with Gasteiger partial charge in [-0.3, -0.25) is 0 Å². The van der Waals surface area contributed by atoms with E-state index in [-0.39, 0.29) is 0 Å². The van der Waals surface area contributed by atoms with E-state index in [0.29, 0.717) is 0 Å². The average molecular weight is 474 g/mol. The van der Waals surface area contributed by atoms with Crippen LogP contribution >= 0.6 is 0 Å². The number of alkyl halides is 16. The van der Waals surface area contributed by atoms with Crippen molar-refractivity contribution < 1.29 is 75.0 Å². The van der Waals surface area contributed by atoms with Gasteiger partial charge < -0.3 is 4.74 Å². The second-order valence-electron chi connectivity index (χ2n) is 5.59. The zero-order valence-corrected chi connectivity index (χ0v) is 13.3. The molecule has 0 aromatic rings. The Kier molecular flexibility index (Phi) is 8.95. The molecule has 0 aliphatic rings. The topological polar surface area (TPSA) is 9.23 Å². The maximum atomic E-state index is 13.3. The molecule has 6 unspecified atom stereocenters. The van der Waals surface area contributed by atoms with Crippen molar-refractivity contribution in [3.8, 4) is 0 Å². The van der Waals surface area contributed by atoms with Crippen molar-refractivity contribution in [3.63, 3.8) is 0 Å². The van der Waals surface area contributed by atoms with Crippen LogP contribution < -0.4 is 0 Å². The Morgan fingerprint density at radius 3 is 0.862 bits per heavy atom. The third-order valence-corrected chi connectivity index (χ3v) is 3.22. The largest absolute Gasteiger partial charge is 0.422 e. The van der Waals surface area contributed by atoms with Crippen LogP contribution in [0, 0.1) is 0 Å². The van der Waals surface area contributed by atoms with Crippen LogP contribution in [-0.2, 0) is 4.74 Å². The minimum atomic E-state index is -6.18. The summed E-state index contributed by atoms with van der Waals surface area (Å²) in [4.78, 5) is 0. The predicted molar refractivity (Wildman–Crippen MR) is 61.7 cm³/mol. The first-order valence-electron chi connectivity index (χ1n) is 7.07. The van der Waals surface area contributed by atoms with Gasteiger partial charge in [-0.2, -0.15) is 52.7 Å². The fraction of sp³-hybridized carbons (Fsp3) is 1.00. The maximum Gasteiger partial charge on any atom is 0.422 e. The standard InChI is InChI=1S/C12H10F16O/c13-5(9(17,18)19)1-3(7(15)11(23,24)25)29-4(8(16)12(26,27)28)2-6(14)10(20,21)22/h3-8H,1-2H2. The summed E-state index contributed by atoms with van der Waals surface area (Å²) in [5.74, 6) is 0. The highest BCUT2D eigenvalue weighted by atomic mass is 19.4. The minimum Gasteiger partial charge on any atom is -0.368 e. The second kappa shape index (κ2) is 9.32. The van der Waals surface area contributed by atoms with E-state index in [1.54, 1.807) is 0 Å². The second-order valence-corrected chi connectivity index (χ2v) is 5.59. The molecule has 0 heterocycles. The first-order valence-corrected chi connectivity index (χ1v) is 7.07. The Morgan fingerprint density at radius 2 is 0.690 bits per heavy atom. The van der Waals surface area contributed by atoms with Crippen LogP contribution in [0.5, 0.6) is 0 Å². The van der Waals surface area contributed by atoms with Crippen molar-refractivity contribution >= 4 is 0 Å². The van der Waals surface area contributed by atoms with E-state index >= 15 is 0 Å². The molecule has 0 rings (SSSR count). The van der Waals surface area contributed by atoms with Gasteiger partial charge in [-0.15, -0.1) is 0 Å². The van der Waals surface area contributed by atoms with Crippen molar-refractivity contribution in [3.05, 3.63) is 0 Å². The summed E-state index contributed by atoms with van der Waals surface area (Å²) in [6.07, 6.45) is -55.4. The van der Waals surface area contributed by atoms with Gasteiger partial charge in [0.25, 0.3) is 0 Å². The van der Waals surface area contributed by atoms with Gasteiger partial charge in [-0.1, -0.05) is 0 Å². The third kappa shape index (κ3) is 9.02. The molecule has 0 aromatic heterocycles. The van der Waals surface area contributed by atoms with Crippen molar-refractivity contribution in [1.29, 1.82) is 0 Å². The van der Waals surface area contributed by atoms with Crippen LogP contribution in [0.3, 0.4) is 0 Å². The van der Waals surface area contributed by atoms with Gasteiger partial charge in [0.2, 0.25) is 12.3 Å². The molecule has 0 spiro atoms. The number of ether oxygens (including phenoxy) is 1. The third-order valence-electron chi connectivity index (χ3n) is 3.22. The van der Waals surface area contributed by atoms with E-state index in [1.807, 2.05) is 0 Å². The Hall–Kier alpha value is -1.16. The van der Waals surface area contributed by atoms with E-state index in [0.717, 1.165) is 0 Å². The summed E-state index contributed by atoms with van der Waals surface area (Å²) in [6.45, 7) is 0. The molecular formula is C12H10F16O. The smallest absolute Gasteiger partial charge is 0.368 e. The summed E-state index contributed by atoms with van der Waals surface area (Å²) in [5.41, 5.74) is 0. The lowest BCUT2D eigenvalue weighted by molar-refractivity contribution is -0.264. The zero-order chi connectivity index (χ0) is 23.6. The van der Waals surface area contributed by atoms with E-state index < -0.39 is 74.4 Å². The maximum absolute atomic E-state index is 13.3. The van der Waals surface area contributed by atoms with Crippen LogP contribution in [-0.4, -0.2) is 61.6 Å². The van der Waals surface area contributed by atoms with Gasteiger partial charge in [0, 0.05) is 12.8 Å². The van der Waals surface area contributed by atoms with E-state index in [9.17, 15) is 70.2 Å². The molecule has 17 heteroatoms.